The largest absolute Gasteiger partial charge is 0.507 e. The summed E-state index contributed by atoms with van der Waals surface area (Å²) >= 11 is 0. The van der Waals surface area contributed by atoms with Crippen LogP contribution in [0.1, 0.15) is 54.2 Å². The molecule has 0 fully saturated rings. The third-order valence-electron chi connectivity index (χ3n) is 6.70. The lowest BCUT2D eigenvalue weighted by atomic mass is 9.87. The van der Waals surface area contributed by atoms with Gasteiger partial charge >= 0.3 is 0 Å². The Morgan fingerprint density at radius 3 is 1.91 bits per heavy atom. The van der Waals surface area contributed by atoms with E-state index in [2.05, 4.69) is 41.3 Å². The number of aromatic hydroxyl groups is 2. The fourth-order valence-electron chi connectivity index (χ4n) is 4.59. The van der Waals surface area contributed by atoms with Crippen molar-refractivity contribution in [1.82, 2.24) is 45.5 Å². The van der Waals surface area contributed by atoms with Crippen molar-refractivity contribution in [2.45, 2.75) is 34.1 Å². The van der Waals surface area contributed by atoms with Gasteiger partial charge in [-0.25, -0.2) is 0 Å². The molecule has 4 aromatic rings. The van der Waals surface area contributed by atoms with E-state index in [0.29, 0.717) is 58.1 Å². The summed E-state index contributed by atoms with van der Waals surface area (Å²) in [5.41, 5.74) is 4.25. The van der Waals surface area contributed by atoms with Crippen molar-refractivity contribution in [2.24, 2.45) is 10.2 Å². The summed E-state index contributed by atoms with van der Waals surface area (Å²) in [5.74, 6) is 0.903. The van der Waals surface area contributed by atoms with Gasteiger partial charge in [-0.3, -0.25) is 4.79 Å². The number of amides is 1. The van der Waals surface area contributed by atoms with Crippen LogP contribution >= 0.6 is 0 Å². The van der Waals surface area contributed by atoms with Crippen LogP contribution in [0.25, 0.3) is 5.57 Å². The molecule has 0 unspecified atom stereocenters. The summed E-state index contributed by atoms with van der Waals surface area (Å²) in [7, 11) is 0. The lowest BCUT2D eigenvalue weighted by Gasteiger charge is -2.24. The molecule has 5 rings (SSSR count). The molecule has 218 valence electrons. The van der Waals surface area contributed by atoms with Crippen molar-refractivity contribution in [3.8, 4) is 11.5 Å². The molecule has 0 radical (unpaired) electrons. The van der Waals surface area contributed by atoms with Gasteiger partial charge in [-0.1, -0.05) is 6.08 Å². The third-order valence-corrected chi connectivity index (χ3v) is 6.70. The zero-order valence-corrected chi connectivity index (χ0v) is 24.0. The molecule has 1 amide bonds. The Morgan fingerprint density at radius 1 is 0.930 bits per heavy atom. The normalized spacial score (nSPS) is 13.2. The van der Waals surface area contributed by atoms with E-state index in [0.717, 1.165) is 5.57 Å². The highest BCUT2D eigenvalue weighted by atomic mass is 16.3. The molecular weight excluding hydrogens is 550 g/mol. The minimum Gasteiger partial charge on any atom is -0.507 e. The number of aromatic nitrogens is 8. The minimum atomic E-state index is -0.0981. The van der Waals surface area contributed by atoms with Crippen LogP contribution in [0.4, 0.5) is 0 Å². The predicted molar refractivity (Wildman–Crippen MR) is 158 cm³/mol. The van der Waals surface area contributed by atoms with Crippen LogP contribution in [0.3, 0.4) is 0 Å². The molecule has 2 N–H and O–H groups in total. The van der Waals surface area contributed by atoms with Gasteiger partial charge < -0.3 is 15.1 Å². The van der Waals surface area contributed by atoms with E-state index >= 15 is 0 Å². The van der Waals surface area contributed by atoms with Crippen LogP contribution in [0.2, 0.25) is 0 Å². The maximum atomic E-state index is 12.4. The number of carbonyl (C=O) groups is 1. The lowest BCUT2D eigenvalue weighted by Crippen LogP contribution is -2.27. The maximum absolute atomic E-state index is 12.4. The Labute approximate surface area is 246 Å². The van der Waals surface area contributed by atoms with Crippen molar-refractivity contribution < 1.29 is 15.0 Å². The number of hydrogen-bond donors (Lipinski definition) is 2. The number of phenols is 2. The number of allylic oxidation sites excluding steroid dienone is 4. The zero-order chi connectivity index (χ0) is 30.5. The lowest BCUT2D eigenvalue weighted by molar-refractivity contribution is -0.126. The average Bonchev–Trinajstić information content (AvgIpc) is 3.60. The number of nitrogens with zero attached hydrogens (tertiary/aromatic N) is 11. The summed E-state index contributed by atoms with van der Waals surface area (Å²) in [5, 5.41) is 53.5. The highest BCUT2D eigenvalue weighted by molar-refractivity contribution is 5.93. The number of benzene rings is 2. The van der Waals surface area contributed by atoms with Crippen molar-refractivity contribution in [1.29, 1.82) is 0 Å². The van der Waals surface area contributed by atoms with Gasteiger partial charge in [0.1, 0.15) is 11.5 Å². The van der Waals surface area contributed by atoms with Gasteiger partial charge in [-0.15, -0.1) is 19.8 Å². The molecular formula is C29H29N11O3. The van der Waals surface area contributed by atoms with Crippen LogP contribution in [-0.4, -0.2) is 80.6 Å². The van der Waals surface area contributed by atoms with Crippen LogP contribution in [-0.2, 0) is 4.79 Å². The molecule has 0 spiro atoms. The Kier molecular flexibility index (Phi) is 8.27. The first-order chi connectivity index (χ1) is 20.7. The van der Waals surface area contributed by atoms with Gasteiger partial charge in [0.2, 0.25) is 5.91 Å². The SMILES string of the molecule is CCN(C(C)=O)C1=CC(=C(c2cc(C=Nn3nnnc3C)ccc2O)c2cc(C=Nn3nnnc3C)ccc2O)CC=C1. The van der Waals surface area contributed by atoms with E-state index in [1.54, 1.807) is 67.6 Å². The minimum absolute atomic E-state index is 0.00976. The number of phenolic OH excluding ortho intramolecular Hbond substituents is 2. The molecule has 2 aromatic heterocycles. The average molecular weight is 580 g/mol. The van der Waals surface area contributed by atoms with Crippen LogP contribution in [0, 0.1) is 13.8 Å². The van der Waals surface area contributed by atoms with Crippen LogP contribution in [0.15, 0.2) is 76.1 Å². The van der Waals surface area contributed by atoms with Gasteiger partial charge in [-0.2, -0.15) is 10.2 Å². The van der Waals surface area contributed by atoms with E-state index < -0.39 is 0 Å². The van der Waals surface area contributed by atoms with E-state index in [9.17, 15) is 15.0 Å². The predicted octanol–water partition coefficient (Wildman–Crippen LogP) is 2.97. The van der Waals surface area contributed by atoms with E-state index in [1.165, 1.54) is 16.5 Å². The molecule has 0 bridgehead atoms. The van der Waals surface area contributed by atoms with Crippen LogP contribution < -0.4 is 0 Å². The van der Waals surface area contributed by atoms with Crippen molar-refractivity contribution >= 4 is 23.9 Å². The molecule has 14 heteroatoms. The van der Waals surface area contributed by atoms with Gasteiger partial charge in [0.05, 0.1) is 12.4 Å². The summed E-state index contributed by atoms with van der Waals surface area (Å²) in [4.78, 5) is 16.6. The first-order valence-corrected chi connectivity index (χ1v) is 13.4. The highest BCUT2D eigenvalue weighted by Crippen LogP contribution is 2.40. The molecule has 43 heavy (non-hydrogen) atoms. The van der Waals surface area contributed by atoms with Crippen molar-refractivity contribution in [3.63, 3.8) is 0 Å². The molecule has 0 aliphatic heterocycles. The molecule has 0 saturated carbocycles. The Morgan fingerprint density at radius 2 is 1.47 bits per heavy atom. The first-order valence-electron chi connectivity index (χ1n) is 13.4. The summed E-state index contributed by atoms with van der Waals surface area (Å²) in [6.45, 7) is 7.34. The first kappa shape index (κ1) is 28.7. The zero-order valence-electron chi connectivity index (χ0n) is 24.0. The Balaban J connectivity index is 1.69. The number of aryl methyl sites for hydroxylation is 2. The Bertz CT molecular complexity index is 1730. The van der Waals surface area contributed by atoms with Crippen molar-refractivity contribution in [2.75, 3.05) is 6.54 Å². The maximum Gasteiger partial charge on any atom is 0.223 e. The van der Waals surface area contributed by atoms with E-state index in [1.807, 2.05) is 25.2 Å². The molecule has 14 nitrogen and oxygen atoms in total. The standard InChI is InChI=1S/C29H29N11O3/c1-5-38(20(4)41)24-8-6-7-23(15-24)29(25-13-21(9-11-27(25)42)16-30-39-18(2)32-34-36-39)26-14-22(10-12-28(26)43)17-31-40-19(3)33-35-37-40/h6,8-17,42-43H,5,7H2,1-4H3. The van der Waals surface area contributed by atoms with E-state index in [4.69, 9.17) is 0 Å². The van der Waals surface area contributed by atoms with Gasteiger partial charge in [-0.05, 0) is 119 Å². The molecule has 2 aromatic carbocycles. The van der Waals surface area contributed by atoms with Gasteiger partial charge in [0.25, 0.3) is 0 Å². The fourth-order valence-corrected chi connectivity index (χ4v) is 4.59. The summed E-state index contributed by atoms with van der Waals surface area (Å²) in [6, 6.07) is 10.1. The molecule has 1 aliphatic carbocycles. The smallest absolute Gasteiger partial charge is 0.223 e. The van der Waals surface area contributed by atoms with Gasteiger partial charge in [0.15, 0.2) is 11.6 Å². The topological polar surface area (TPSA) is 173 Å². The van der Waals surface area contributed by atoms with Gasteiger partial charge in [0, 0.05) is 30.3 Å². The third kappa shape index (κ3) is 6.27. The quantitative estimate of drug-likeness (QED) is 0.298. The second-order valence-corrected chi connectivity index (χ2v) is 9.61. The number of rotatable bonds is 8. The molecule has 0 atom stereocenters. The molecule has 2 heterocycles. The monoisotopic (exact) mass is 579 g/mol. The van der Waals surface area contributed by atoms with Crippen LogP contribution in [0.5, 0.6) is 11.5 Å². The molecule has 1 aliphatic rings. The van der Waals surface area contributed by atoms with E-state index in [-0.39, 0.29) is 17.4 Å². The van der Waals surface area contributed by atoms with Crippen molar-refractivity contribution in [3.05, 3.63) is 99.8 Å². The number of carbonyl (C=O) groups excluding carboxylic acids is 1. The summed E-state index contributed by atoms with van der Waals surface area (Å²) < 4.78 is 0. The number of likely N-dealkylation sites (N-methyl/N-ethyl adjacent to an activating group) is 1. The second-order valence-electron chi connectivity index (χ2n) is 9.61. The number of hydrogen-bond acceptors (Lipinski definition) is 11. The highest BCUT2D eigenvalue weighted by Gasteiger charge is 2.21. The fraction of sp³-hybridized carbons (Fsp3) is 0.207. The second kappa shape index (κ2) is 12.4. The Hall–Kier alpha value is -5.79. The molecule has 0 saturated heterocycles. The summed E-state index contributed by atoms with van der Waals surface area (Å²) in [6.07, 6.45) is 9.36. The number of tetrazole rings is 2.